The average Bonchev–Trinajstić information content (AvgIpc) is 2.47. The van der Waals surface area contributed by atoms with E-state index in [1.807, 2.05) is 0 Å². The maximum atomic E-state index is 11.6. The number of ether oxygens (including phenoxy) is 1. The third kappa shape index (κ3) is 4.64. The number of carbonyl (C=O) groups excluding carboxylic acids is 1. The van der Waals surface area contributed by atoms with Crippen molar-refractivity contribution in [1.29, 1.82) is 0 Å². The first-order valence-electron chi connectivity index (χ1n) is 7.66. The van der Waals surface area contributed by atoms with E-state index in [-0.39, 0.29) is 5.91 Å². The summed E-state index contributed by atoms with van der Waals surface area (Å²) in [7, 11) is 1.64. The van der Waals surface area contributed by atoms with Gasteiger partial charge >= 0.3 is 0 Å². The van der Waals surface area contributed by atoms with Crippen molar-refractivity contribution in [3.05, 3.63) is 34.9 Å². The van der Waals surface area contributed by atoms with Crippen LogP contribution >= 0.6 is 0 Å². The molecule has 0 aromatic heterocycles. The Morgan fingerprint density at radius 3 is 2.85 bits per heavy atom. The predicted molar refractivity (Wildman–Crippen MR) is 80.9 cm³/mol. The first-order chi connectivity index (χ1) is 9.79. The summed E-state index contributed by atoms with van der Waals surface area (Å²) >= 11 is 0. The fraction of sp³-hybridized carbons (Fsp3) is 0.588. The molecule has 3 nitrogen and oxygen atoms in total. The van der Waals surface area contributed by atoms with Crippen LogP contribution in [-0.4, -0.2) is 26.2 Å². The molecule has 2 rings (SSSR count). The third-order valence-corrected chi connectivity index (χ3v) is 3.91. The number of amides is 1. The van der Waals surface area contributed by atoms with Crippen molar-refractivity contribution in [2.45, 2.75) is 44.9 Å². The Hall–Kier alpha value is -1.35. The van der Waals surface area contributed by atoms with Crippen LogP contribution in [0.5, 0.6) is 0 Å². The second-order valence-electron chi connectivity index (χ2n) is 5.51. The molecule has 0 aliphatic heterocycles. The van der Waals surface area contributed by atoms with E-state index in [4.69, 9.17) is 4.74 Å². The van der Waals surface area contributed by atoms with Crippen molar-refractivity contribution in [2.75, 3.05) is 20.3 Å². The molecule has 0 atom stereocenters. The number of hydrogen-bond acceptors (Lipinski definition) is 2. The Kier molecular flexibility index (Phi) is 6.06. The average molecular weight is 275 g/mol. The number of nitrogens with one attached hydrogen (secondary N) is 1. The van der Waals surface area contributed by atoms with E-state index < -0.39 is 0 Å². The lowest BCUT2D eigenvalue weighted by Gasteiger charge is -2.16. The molecule has 1 aromatic carbocycles. The number of hydrogen-bond donors (Lipinski definition) is 1. The Morgan fingerprint density at radius 2 is 2.05 bits per heavy atom. The molecular weight excluding hydrogens is 250 g/mol. The first-order valence-corrected chi connectivity index (χ1v) is 7.66. The Bertz CT molecular complexity index is 443. The maximum Gasteiger partial charge on any atom is 0.220 e. The lowest BCUT2D eigenvalue weighted by atomic mass is 9.89. The molecule has 110 valence electrons. The minimum atomic E-state index is 0.125. The molecule has 3 heteroatoms. The number of carbonyl (C=O) groups is 1. The second-order valence-corrected chi connectivity index (χ2v) is 5.51. The van der Waals surface area contributed by atoms with Crippen LogP contribution in [-0.2, 0) is 28.8 Å². The van der Waals surface area contributed by atoms with Gasteiger partial charge in [0.1, 0.15) is 0 Å². The van der Waals surface area contributed by atoms with Gasteiger partial charge in [-0.3, -0.25) is 4.79 Å². The molecule has 0 fully saturated rings. The number of aryl methyl sites for hydroxylation is 3. The summed E-state index contributed by atoms with van der Waals surface area (Å²) in [5, 5.41) is 2.86. The zero-order valence-electron chi connectivity index (χ0n) is 12.4. The van der Waals surface area contributed by atoms with Crippen molar-refractivity contribution in [2.24, 2.45) is 0 Å². The van der Waals surface area contributed by atoms with Crippen molar-refractivity contribution in [3.8, 4) is 0 Å². The van der Waals surface area contributed by atoms with Crippen LogP contribution in [0.3, 0.4) is 0 Å². The van der Waals surface area contributed by atoms with Gasteiger partial charge in [-0.2, -0.15) is 0 Å². The maximum absolute atomic E-state index is 11.6. The molecule has 20 heavy (non-hydrogen) atoms. The van der Waals surface area contributed by atoms with E-state index >= 15 is 0 Å². The molecule has 0 spiro atoms. The fourth-order valence-corrected chi connectivity index (χ4v) is 2.78. The quantitative estimate of drug-likeness (QED) is 0.777. The number of methoxy groups -OCH3 is 1. The van der Waals surface area contributed by atoms with Gasteiger partial charge in [-0.15, -0.1) is 0 Å². The highest BCUT2D eigenvalue weighted by molar-refractivity contribution is 5.75. The smallest absolute Gasteiger partial charge is 0.220 e. The fourth-order valence-electron chi connectivity index (χ4n) is 2.78. The van der Waals surface area contributed by atoms with Crippen LogP contribution in [0.15, 0.2) is 18.2 Å². The minimum Gasteiger partial charge on any atom is -0.383 e. The SMILES string of the molecule is COCCNC(=O)CCCc1ccc2c(c1)CCCC2. The van der Waals surface area contributed by atoms with Crippen LogP contribution in [0.2, 0.25) is 0 Å². The topological polar surface area (TPSA) is 38.3 Å². The molecule has 0 saturated carbocycles. The summed E-state index contributed by atoms with van der Waals surface area (Å²) in [6.07, 6.45) is 7.61. The van der Waals surface area contributed by atoms with Crippen molar-refractivity contribution < 1.29 is 9.53 Å². The third-order valence-electron chi connectivity index (χ3n) is 3.91. The molecule has 1 aromatic rings. The molecular formula is C17H25NO2. The van der Waals surface area contributed by atoms with Gasteiger partial charge in [-0.25, -0.2) is 0 Å². The minimum absolute atomic E-state index is 0.125. The standard InChI is InChI=1S/C17H25NO2/c1-20-12-11-18-17(19)8-4-5-14-9-10-15-6-2-3-7-16(15)13-14/h9-10,13H,2-8,11-12H2,1H3,(H,18,19). The first kappa shape index (κ1) is 15.0. The Labute approximate surface area is 121 Å². The molecule has 0 saturated heterocycles. The van der Waals surface area contributed by atoms with E-state index in [0.717, 1.165) is 12.8 Å². The summed E-state index contributed by atoms with van der Waals surface area (Å²) < 4.78 is 4.90. The molecule has 0 radical (unpaired) electrons. The molecule has 0 heterocycles. The molecule has 0 bridgehead atoms. The summed E-state index contributed by atoms with van der Waals surface area (Å²) in [6, 6.07) is 6.85. The Balaban J connectivity index is 1.72. The van der Waals surface area contributed by atoms with E-state index in [9.17, 15) is 4.79 Å². The van der Waals surface area contributed by atoms with Crippen LogP contribution in [0.25, 0.3) is 0 Å². The zero-order chi connectivity index (χ0) is 14.2. The van der Waals surface area contributed by atoms with E-state index in [2.05, 4.69) is 23.5 Å². The number of rotatable bonds is 7. The zero-order valence-corrected chi connectivity index (χ0v) is 12.4. The summed E-state index contributed by atoms with van der Waals surface area (Å²) in [4.78, 5) is 11.6. The van der Waals surface area contributed by atoms with Gasteiger partial charge in [0.2, 0.25) is 5.91 Å². The highest BCUT2D eigenvalue weighted by Gasteiger charge is 2.09. The molecule has 0 unspecified atom stereocenters. The van der Waals surface area contributed by atoms with Crippen LogP contribution in [0, 0.1) is 0 Å². The molecule has 1 N–H and O–H groups in total. The van der Waals surface area contributed by atoms with Gasteiger partial charge in [-0.1, -0.05) is 18.2 Å². The van der Waals surface area contributed by atoms with Crippen LogP contribution in [0.4, 0.5) is 0 Å². The summed E-state index contributed by atoms with van der Waals surface area (Å²) in [6.45, 7) is 1.19. The van der Waals surface area contributed by atoms with Crippen LogP contribution < -0.4 is 5.32 Å². The lowest BCUT2D eigenvalue weighted by Crippen LogP contribution is -2.26. The van der Waals surface area contributed by atoms with Crippen molar-refractivity contribution in [1.82, 2.24) is 5.32 Å². The van der Waals surface area contributed by atoms with Gasteiger partial charge in [0, 0.05) is 20.1 Å². The van der Waals surface area contributed by atoms with Gasteiger partial charge in [0.05, 0.1) is 6.61 Å². The largest absolute Gasteiger partial charge is 0.383 e. The van der Waals surface area contributed by atoms with E-state index in [0.29, 0.717) is 19.6 Å². The van der Waals surface area contributed by atoms with Crippen molar-refractivity contribution >= 4 is 5.91 Å². The summed E-state index contributed by atoms with van der Waals surface area (Å²) in [5.74, 6) is 0.125. The monoisotopic (exact) mass is 275 g/mol. The van der Waals surface area contributed by atoms with E-state index in [1.165, 1.54) is 42.4 Å². The van der Waals surface area contributed by atoms with E-state index in [1.54, 1.807) is 7.11 Å². The predicted octanol–water partition coefficient (Wildman–Crippen LogP) is 2.65. The normalized spacial score (nSPS) is 13.8. The van der Waals surface area contributed by atoms with Crippen molar-refractivity contribution in [3.63, 3.8) is 0 Å². The van der Waals surface area contributed by atoms with Gasteiger partial charge in [-0.05, 0) is 55.2 Å². The van der Waals surface area contributed by atoms with Gasteiger partial charge < -0.3 is 10.1 Å². The summed E-state index contributed by atoms with van der Waals surface area (Å²) in [5.41, 5.74) is 4.42. The molecule has 1 amide bonds. The number of fused-ring (bicyclic) bond motifs is 1. The lowest BCUT2D eigenvalue weighted by molar-refractivity contribution is -0.121. The van der Waals surface area contributed by atoms with Gasteiger partial charge in [0.25, 0.3) is 0 Å². The highest BCUT2D eigenvalue weighted by Crippen LogP contribution is 2.22. The highest BCUT2D eigenvalue weighted by atomic mass is 16.5. The second kappa shape index (κ2) is 8.05. The Morgan fingerprint density at radius 1 is 1.25 bits per heavy atom. The van der Waals surface area contributed by atoms with Crippen LogP contribution in [0.1, 0.15) is 42.4 Å². The number of benzene rings is 1. The van der Waals surface area contributed by atoms with Gasteiger partial charge in [0.15, 0.2) is 0 Å². The molecule has 1 aliphatic rings. The molecule has 1 aliphatic carbocycles.